The van der Waals surface area contributed by atoms with Gasteiger partial charge in [0.05, 0.1) is 5.92 Å². The highest BCUT2D eigenvalue weighted by molar-refractivity contribution is 7.88. The number of rotatable bonds is 12. The minimum atomic E-state index is -5.10. The molecule has 0 saturated carbocycles. The lowest BCUT2D eigenvalue weighted by molar-refractivity contribution is -0.152. The third kappa shape index (κ3) is 6.05. The van der Waals surface area contributed by atoms with Crippen molar-refractivity contribution in [1.82, 2.24) is 0 Å². The Balaban J connectivity index is 5.73. The maximum atomic E-state index is 11.9. The molecule has 0 rings (SSSR count). The monoisotopic (exact) mass is 366 g/mol. The quantitative estimate of drug-likeness (QED) is 0.453. The zero-order valence-electron chi connectivity index (χ0n) is 14.9. The first-order valence-corrected chi connectivity index (χ1v) is 9.73. The van der Waals surface area contributed by atoms with E-state index in [4.69, 9.17) is 0 Å². The van der Waals surface area contributed by atoms with Crippen LogP contribution >= 0.6 is 0 Å². The molecule has 8 heteroatoms. The highest BCUT2D eigenvalue weighted by atomic mass is 32.2. The second kappa shape index (κ2) is 9.36. The fourth-order valence-corrected chi connectivity index (χ4v) is 4.11. The first-order chi connectivity index (χ1) is 10.9. The number of aliphatic carboxylic acids is 2. The van der Waals surface area contributed by atoms with E-state index in [1.807, 2.05) is 27.7 Å². The molecule has 142 valence electrons. The first-order valence-electron chi connectivity index (χ1n) is 8.29. The van der Waals surface area contributed by atoms with Gasteiger partial charge in [-0.25, -0.2) is 0 Å². The molecule has 0 fully saturated rings. The van der Waals surface area contributed by atoms with Gasteiger partial charge in [0.1, 0.15) is 0 Å². The molecular formula is C16H30O7S. The smallest absolute Gasteiger partial charge is 0.328 e. The maximum Gasteiger partial charge on any atom is 0.328 e. The Kier molecular flexibility index (Phi) is 8.91. The van der Waals surface area contributed by atoms with Crippen LogP contribution in [0.15, 0.2) is 0 Å². The Labute approximate surface area is 144 Å². The maximum absolute atomic E-state index is 11.9. The van der Waals surface area contributed by atoms with E-state index in [-0.39, 0.29) is 24.7 Å². The van der Waals surface area contributed by atoms with Crippen molar-refractivity contribution in [2.75, 3.05) is 0 Å². The lowest BCUT2D eigenvalue weighted by Gasteiger charge is -2.32. The average molecular weight is 366 g/mol. The van der Waals surface area contributed by atoms with Gasteiger partial charge in [-0.3, -0.25) is 14.1 Å². The Morgan fingerprint density at radius 3 is 1.71 bits per heavy atom. The SMILES string of the molecule is CC(C)CCCC(C(=O)O)C(CCCC(C)C)(C(=O)O)S(=O)(=O)O. The molecule has 0 spiro atoms. The molecule has 0 amide bonds. The molecule has 0 heterocycles. The number of carboxylic acid groups (broad SMARTS) is 2. The van der Waals surface area contributed by atoms with Crippen LogP contribution in [0.2, 0.25) is 0 Å². The van der Waals surface area contributed by atoms with E-state index >= 15 is 0 Å². The molecule has 0 saturated heterocycles. The molecule has 0 aromatic heterocycles. The van der Waals surface area contributed by atoms with E-state index < -0.39 is 39.1 Å². The summed E-state index contributed by atoms with van der Waals surface area (Å²) in [5.41, 5.74) is 0. The second-order valence-corrected chi connectivity index (χ2v) is 8.85. The Morgan fingerprint density at radius 2 is 1.38 bits per heavy atom. The van der Waals surface area contributed by atoms with Gasteiger partial charge in [0.25, 0.3) is 10.1 Å². The summed E-state index contributed by atoms with van der Waals surface area (Å²) >= 11 is 0. The topological polar surface area (TPSA) is 129 Å². The molecule has 0 aromatic carbocycles. The Bertz CT molecular complexity index is 525. The van der Waals surface area contributed by atoms with E-state index in [1.54, 1.807) is 0 Å². The van der Waals surface area contributed by atoms with Crippen molar-refractivity contribution >= 4 is 22.1 Å². The van der Waals surface area contributed by atoms with Gasteiger partial charge < -0.3 is 10.2 Å². The molecule has 24 heavy (non-hydrogen) atoms. The van der Waals surface area contributed by atoms with Crippen LogP contribution < -0.4 is 0 Å². The molecule has 0 aromatic rings. The first kappa shape index (κ1) is 22.9. The summed E-state index contributed by atoms with van der Waals surface area (Å²) in [6.07, 6.45) is 1.25. The number of hydrogen-bond donors (Lipinski definition) is 3. The molecule has 0 aliphatic heterocycles. The Hall–Kier alpha value is -1.15. The van der Waals surface area contributed by atoms with Crippen LogP contribution in [-0.2, 0) is 19.7 Å². The number of carbonyl (C=O) groups is 2. The molecule has 2 unspecified atom stereocenters. The van der Waals surface area contributed by atoms with Crippen molar-refractivity contribution in [3.05, 3.63) is 0 Å². The van der Waals surface area contributed by atoms with E-state index in [1.165, 1.54) is 0 Å². The van der Waals surface area contributed by atoms with Crippen LogP contribution in [0.3, 0.4) is 0 Å². The van der Waals surface area contributed by atoms with Crippen molar-refractivity contribution in [3.8, 4) is 0 Å². The minimum absolute atomic E-state index is 0.110. The molecule has 0 aliphatic carbocycles. The van der Waals surface area contributed by atoms with E-state index in [9.17, 15) is 32.8 Å². The van der Waals surface area contributed by atoms with Gasteiger partial charge in [0, 0.05) is 0 Å². The van der Waals surface area contributed by atoms with E-state index in [0.717, 1.165) is 0 Å². The third-order valence-corrected chi connectivity index (χ3v) is 5.87. The highest BCUT2D eigenvalue weighted by Gasteiger charge is 2.58. The van der Waals surface area contributed by atoms with Gasteiger partial charge >= 0.3 is 11.9 Å². The van der Waals surface area contributed by atoms with Crippen molar-refractivity contribution in [1.29, 1.82) is 0 Å². The standard InChI is InChI=1S/C16H30O7S/c1-11(2)7-5-9-13(14(17)18)16(15(19)20,24(21,22)23)10-6-8-12(3)4/h11-13H,5-10H2,1-4H3,(H,17,18)(H,19,20)(H,21,22,23). The zero-order valence-corrected chi connectivity index (χ0v) is 15.7. The van der Waals surface area contributed by atoms with Crippen molar-refractivity contribution in [3.63, 3.8) is 0 Å². The lowest BCUT2D eigenvalue weighted by Crippen LogP contribution is -2.55. The minimum Gasteiger partial charge on any atom is -0.481 e. The fourth-order valence-electron chi connectivity index (χ4n) is 2.91. The highest BCUT2D eigenvalue weighted by Crippen LogP contribution is 2.37. The van der Waals surface area contributed by atoms with Crippen LogP contribution in [0.25, 0.3) is 0 Å². The summed E-state index contributed by atoms with van der Waals surface area (Å²) in [7, 11) is -5.10. The second-order valence-electron chi connectivity index (χ2n) is 7.17. The number of carboxylic acids is 2. The van der Waals surface area contributed by atoms with Gasteiger partial charge in [0.2, 0.25) is 4.75 Å². The summed E-state index contributed by atoms with van der Waals surface area (Å²) in [6, 6.07) is 0. The summed E-state index contributed by atoms with van der Waals surface area (Å²) in [5.74, 6) is -4.50. The van der Waals surface area contributed by atoms with Crippen LogP contribution in [-0.4, -0.2) is 39.9 Å². The fraction of sp³-hybridized carbons (Fsp3) is 0.875. The molecule has 0 aliphatic rings. The third-order valence-electron chi connectivity index (χ3n) is 4.29. The number of hydrogen-bond acceptors (Lipinski definition) is 4. The van der Waals surface area contributed by atoms with Gasteiger partial charge in [-0.05, 0) is 24.7 Å². The van der Waals surface area contributed by atoms with E-state index in [0.29, 0.717) is 19.3 Å². The molecular weight excluding hydrogens is 336 g/mol. The summed E-state index contributed by atoms with van der Waals surface area (Å²) in [5, 5.41) is 19.0. The largest absolute Gasteiger partial charge is 0.481 e. The van der Waals surface area contributed by atoms with Crippen molar-refractivity contribution in [2.45, 2.75) is 71.0 Å². The normalized spacial score (nSPS) is 16.1. The van der Waals surface area contributed by atoms with Gasteiger partial charge in [-0.15, -0.1) is 0 Å². The van der Waals surface area contributed by atoms with Gasteiger partial charge in [-0.1, -0.05) is 53.4 Å². The van der Waals surface area contributed by atoms with Gasteiger partial charge in [0.15, 0.2) is 0 Å². The predicted molar refractivity (Wildman–Crippen MR) is 90.4 cm³/mol. The zero-order chi connectivity index (χ0) is 19.1. The van der Waals surface area contributed by atoms with Crippen LogP contribution in [0.1, 0.15) is 66.2 Å². The van der Waals surface area contributed by atoms with Gasteiger partial charge in [-0.2, -0.15) is 8.42 Å². The van der Waals surface area contributed by atoms with Crippen molar-refractivity contribution in [2.24, 2.45) is 17.8 Å². The molecule has 7 nitrogen and oxygen atoms in total. The molecule has 0 bridgehead atoms. The lowest BCUT2D eigenvalue weighted by atomic mass is 9.82. The summed E-state index contributed by atoms with van der Waals surface area (Å²) in [4.78, 5) is 23.4. The summed E-state index contributed by atoms with van der Waals surface area (Å²) in [6.45, 7) is 7.66. The van der Waals surface area contributed by atoms with E-state index in [2.05, 4.69) is 0 Å². The molecule has 3 N–H and O–H groups in total. The average Bonchev–Trinajstić information content (AvgIpc) is 2.37. The summed E-state index contributed by atoms with van der Waals surface area (Å²) < 4.78 is 30.8. The predicted octanol–water partition coefficient (Wildman–Crippen LogP) is 3.05. The van der Waals surface area contributed by atoms with Crippen LogP contribution in [0.5, 0.6) is 0 Å². The van der Waals surface area contributed by atoms with Crippen LogP contribution in [0.4, 0.5) is 0 Å². The molecule has 0 radical (unpaired) electrons. The Morgan fingerprint density at radius 1 is 0.917 bits per heavy atom. The molecule has 2 atom stereocenters. The van der Waals surface area contributed by atoms with Crippen LogP contribution in [0, 0.1) is 17.8 Å². The van der Waals surface area contributed by atoms with Crippen molar-refractivity contribution < 1.29 is 32.8 Å².